The number of rotatable bonds is 6. The minimum absolute atomic E-state index is 0.292. The van der Waals surface area contributed by atoms with Crippen molar-refractivity contribution < 1.29 is 19.0 Å². The molecular formula is C20H23N3O4. The van der Waals surface area contributed by atoms with Crippen LogP contribution in [0.5, 0.6) is 11.5 Å². The maximum atomic E-state index is 11.8. The van der Waals surface area contributed by atoms with Crippen molar-refractivity contribution in [2.24, 2.45) is 5.73 Å². The standard InChI is InChI=1S/C20H23N3O4/c1-12-7-8-23-15(11-14(21)20(24)27-4)19(22-18(23)9-12)13-5-6-16(25-2)17(10-13)26-3/h5-10,14H,11,21H2,1-4H3. The molecule has 0 fully saturated rings. The summed E-state index contributed by atoms with van der Waals surface area (Å²) in [5.41, 5.74) is 10.3. The Balaban J connectivity index is 2.16. The highest BCUT2D eigenvalue weighted by Gasteiger charge is 2.22. The first-order chi connectivity index (χ1) is 13.0. The second-order valence-electron chi connectivity index (χ2n) is 6.24. The van der Waals surface area contributed by atoms with Gasteiger partial charge in [-0.25, -0.2) is 4.98 Å². The molecule has 0 saturated carbocycles. The van der Waals surface area contributed by atoms with E-state index in [1.54, 1.807) is 14.2 Å². The second kappa shape index (κ2) is 7.67. The van der Waals surface area contributed by atoms with E-state index in [2.05, 4.69) is 0 Å². The zero-order valence-corrected chi connectivity index (χ0v) is 15.9. The lowest BCUT2D eigenvalue weighted by molar-refractivity contribution is -0.142. The van der Waals surface area contributed by atoms with Crippen molar-refractivity contribution in [2.45, 2.75) is 19.4 Å². The fourth-order valence-electron chi connectivity index (χ4n) is 3.05. The monoisotopic (exact) mass is 369 g/mol. The predicted octanol–water partition coefficient (Wildman–Crippen LogP) is 2.37. The summed E-state index contributed by atoms with van der Waals surface area (Å²) in [5.74, 6) is 0.774. The number of carbonyl (C=O) groups excluding carboxylic acids is 1. The topological polar surface area (TPSA) is 88.1 Å². The number of esters is 1. The molecule has 3 aromatic rings. The van der Waals surface area contributed by atoms with Gasteiger partial charge in [-0.05, 0) is 42.8 Å². The van der Waals surface area contributed by atoms with Crippen LogP contribution in [0, 0.1) is 6.92 Å². The fourth-order valence-corrected chi connectivity index (χ4v) is 3.05. The van der Waals surface area contributed by atoms with E-state index in [1.807, 2.05) is 47.9 Å². The van der Waals surface area contributed by atoms with Crippen LogP contribution in [0.15, 0.2) is 36.5 Å². The second-order valence-corrected chi connectivity index (χ2v) is 6.24. The van der Waals surface area contributed by atoms with Gasteiger partial charge in [-0.3, -0.25) is 4.79 Å². The van der Waals surface area contributed by atoms with Crippen LogP contribution < -0.4 is 15.2 Å². The van der Waals surface area contributed by atoms with Gasteiger partial charge in [-0.1, -0.05) is 0 Å². The summed E-state index contributed by atoms with van der Waals surface area (Å²) in [5, 5.41) is 0. The number of pyridine rings is 1. The Hall–Kier alpha value is -3.06. The summed E-state index contributed by atoms with van der Waals surface area (Å²) < 4.78 is 17.4. The molecule has 0 aliphatic rings. The molecule has 142 valence electrons. The van der Waals surface area contributed by atoms with Crippen LogP contribution in [0.2, 0.25) is 0 Å². The largest absolute Gasteiger partial charge is 0.493 e. The van der Waals surface area contributed by atoms with E-state index >= 15 is 0 Å². The first-order valence-electron chi connectivity index (χ1n) is 8.52. The van der Waals surface area contributed by atoms with Gasteiger partial charge in [-0.15, -0.1) is 0 Å². The van der Waals surface area contributed by atoms with Crippen molar-refractivity contribution in [2.75, 3.05) is 21.3 Å². The number of nitrogens with two attached hydrogens (primary N) is 1. The summed E-state index contributed by atoms with van der Waals surface area (Å²) in [4.78, 5) is 16.6. The normalized spacial score (nSPS) is 12.0. The molecule has 7 nitrogen and oxygen atoms in total. The zero-order chi connectivity index (χ0) is 19.6. The van der Waals surface area contributed by atoms with E-state index < -0.39 is 12.0 Å². The van der Waals surface area contributed by atoms with Crippen LogP contribution in [0.3, 0.4) is 0 Å². The number of aryl methyl sites for hydroxylation is 1. The Kier molecular flexibility index (Phi) is 5.32. The lowest BCUT2D eigenvalue weighted by Gasteiger charge is -2.12. The van der Waals surface area contributed by atoms with Gasteiger partial charge in [0.2, 0.25) is 0 Å². The molecule has 0 saturated heterocycles. The van der Waals surface area contributed by atoms with Crippen molar-refractivity contribution in [1.29, 1.82) is 0 Å². The van der Waals surface area contributed by atoms with Crippen LogP contribution in [0.1, 0.15) is 11.3 Å². The van der Waals surface area contributed by atoms with Crippen LogP contribution in [-0.2, 0) is 16.0 Å². The molecule has 1 unspecified atom stereocenters. The number of imidazole rings is 1. The number of methoxy groups -OCH3 is 3. The van der Waals surface area contributed by atoms with Crippen molar-refractivity contribution in [1.82, 2.24) is 9.38 Å². The summed E-state index contributed by atoms with van der Waals surface area (Å²) >= 11 is 0. The number of nitrogens with zero attached hydrogens (tertiary/aromatic N) is 2. The molecule has 2 heterocycles. The Labute approximate surface area is 157 Å². The minimum atomic E-state index is -0.782. The number of fused-ring (bicyclic) bond motifs is 1. The van der Waals surface area contributed by atoms with Gasteiger partial charge in [0.05, 0.1) is 32.7 Å². The van der Waals surface area contributed by atoms with Crippen molar-refractivity contribution in [3.05, 3.63) is 47.8 Å². The molecule has 0 aliphatic carbocycles. The van der Waals surface area contributed by atoms with Gasteiger partial charge in [0, 0.05) is 18.2 Å². The molecule has 0 spiro atoms. The number of carbonyl (C=O) groups is 1. The van der Waals surface area contributed by atoms with Crippen LogP contribution >= 0.6 is 0 Å². The van der Waals surface area contributed by atoms with E-state index in [0.29, 0.717) is 17.9 Å². The molecule has 2 N–H and O–H groups in total. The van der Waals surface area contributed by atoms with E-state index in [9.17, 15) is 4.79 Å². The van der Waals surface area contributed by atoms with Crippen LogP contribution in [0.25, 0.3) is 16.9 Å². The molecule has 0 aliphatic heterocycles. The van der Waals surface area contributed by atoms with Crippen LogP contribution in [0.4, 0.5) is 0 Å². The molecule has 2 aromatic heterocycles. The van der Waals surface area contributed by atoms with Crippen LogP contribution in [-0.4, -0.2) is 42.7 Å². The summed E-state index contributed by atoms with van der Waals surface area (Å²) in [6.45, 7) is 2.00. The highest BCUT2D eigenvalue weighted by atomic mass is 16.5. The highest BCUT2D eigenvalue weighted by Crippen LogP contribution is 2.34. The number of hydrogen-bond acceptors (Lipinski definition) is 6. The van der Waals surface area contributed by atoms with Gasteiger partial charge in [0.25, 0.3) is 0 Å². The SMILES string of the molecule is COC(=O)C(N)Cc1c(-c2ccc(OC)c(OC)c2)nc2cc(C)ccn12. The maximum Gasteiger partial charge on any atom is 0.323 e. The number of aromatic nitrogens is 2. The number of ether oxygens (including phenoxy) is 3. The van der Waals surface area contributed by atoms with Gasteiger partial charge in [0.15, 0.2) is 11.5 Å². The Morgan fingerprint density at radius 2 is 1.89 bits per heavy atom. The maximum absolute atomic E-state index is 11.8. The Bertz CT molecular complexity index is 981. The number of hydrogen-bond donors (Lipinski definition) is 1. The molecular weight excluding hydrogens is 346 g/mol. The zero-order valence-electron chi connectivity index (χ0n) is 15.9. The van der Waals surface area contributed by atoms with Gasteiger partial charge in [-0.2, -0.15) is 0 Å². The molecule has 0 radical (unpaired) electrons. The minimum Gasteiger partial charge on any atom is -0.493 e. The van der Waals surface area contributed by atoms with Gasteiger partial charge in [0.1, 0.15) is 11.7 Å². The molecule has 3 rings (SSSR count). The lowest BCUT2D eigenvalue weighted by atomic mass is 10.0. The van der Waals surface area contributed by atoms with E-state index in [-0.39, 0.29) is 0 Å². The third-order valence-electron chi connectivity index (χ3n) is 4.45. The molecule has 1 aromatic carbocycles. The first kappa shape index (κ1) is 18.7. The van der Waals surface area contributed by atoms with Gasteiger partial charge >= 0.3 is 5.97 Å². The Morgan fingerprint density at radius 1 is 1.15 bits per heavy atom. The summed E-state index contributed by atoms with van der Waals surface area (Å²) in [7, 11) is 4.50. The molecule has 7 heteroatoms. The summed E-state index contributed by atoms with van der Waals surface area (Å²) in [6.07, 6.45) is 2.22. The van der Waals surface area contributed by atoms with Crippen molar-refractivity contribution in [3.8, 4) is 22.8 Å². The predicted molar refractivity (Wildman–Crippen MR) is 102 cm³/mol. The number of benzene rings is 1. The smallest absolute Gasteiger partial charge is 0.323 e. The molecule has 0 bridgehead atoms. The Morgan fingerprint density at radius 3 is 2.56 bits per heavy atom. The average molecular weight is 369 g/mol. The molecule has 0 amide bonds. The van der Waals surface area contributed by atoms with E-state index in [0.717, 1.165) is 28.2 Å². The fraction of sp³-hybridized carbons (Fsp3) is 0.300. The highest BCUT2D eigenvalue weighted by molar-refractivity contribution is 5.77. The molecule has 1 atom stereocenters. The van der Waals surface area contributed by atoms with Gasteiger partial charge < -0.3 is 24.3 Å². The van der Waals surface area contributed by atoms with E-state index in [4.69, 9.17) is 24.9 Å². The third kappa shape index (κ3) is 3.59. The van der Waals surface area contributed by atoms with E-state index in [1.165, 1.54) is 7.11 Å². The first-order valence-corrected chi connectivity index (χ1v) is 8.52. The third-order valence-corrected chi connectivity index (χ3v) is 4.45. The quantitative estimate of drug-likeness (QED) is 0.671. The average Bonchev–Trinajstić information content (AvgIpc) is 3.03. The molecule has 27 heavy (non-hydrogen) atoms. The van der Waals surface area contributed by atoms with Crippen molar-refractivity contribution >= 4 is 11.6 Å². The lowest BCUT2D eigenvalue weighted by Crippen LogP contribution is -2.34. The van der Waals surface area contributed by atoms with Crippen molar-refractivity contribution in [3.63, 3.8) is 0 Å². The summed E-state index contributed by atoms with van der Waals surface area (Å²) in [6, 6.07) is 8.78.